The number of aromatic carboxylic acids is 1. The minimum atomic E-state index is -0.966. The molecule has 0 bridgehead atoms. The van der Waals surface area contributed by atoms with Gasteiger partial charge >= 0.3 is 5.97 Å². The number of nitrogens with one attached hydrogen (secondary N) is 1. The highest BCUT2D eigenvalue weighted by molar-refractivity contribution is 7.99. The largest absolute Gasteiger partial charge is 0.478 e. The number of benzene rings is 2. The van der Waals surface area contributed by atoms with Gasteiger partial charge in [0, 0.05) is 17.7 Å². The number of carboxylic acid groups (broad SMARTS) is 1. The number of rotatable bonds is 3. The molecule has 2 N–H and O–H groups in total. The van der Waals surface area contributed by atoms with Crippen molar-refractivity contribution in [3.05, 3.63) is 59.4 Å². The molecule has 0 fully saturated rings. The van der Waals surface area contributed by atoms with E-state index in [2.05, 4.69) is 10.5 Å². The highest BCUT2D eigenvalue weighted by Gasteiger charge is 2.19. The molecule has 2 aromatic carbocycles. The first-order valence-electron chi connectivity index (χ1n) is 6.73. The maximum atomic E-state index is 13.8. The van der Waals surface area contributed by atoms with Crippen LogP contribution in [0.25, 0.3) is 0 Å². The number of carboxylic acids is 1. The molecule has 0 amide bonds. The Bertz CT molecular complexity index is 744. The molecular weight excluding hydrogens is 303 g/mol. The summed E-state index contributed by atoms with van der Waals surface area (Å²) < 4.78 is 13.8. The van der Waals surface area contributed by atoms with Crippen molar-refractivity contribution in [1.29, 1.82) is 0 Å². The molecule has 6 heteroatoms. The number of anilines is 1. The fraction of sp³-hybridized carbons (Fsp3) is 0.125. The maximum Gasteiger partial charge on any atom is 0.335 e. The second-order valence-electron chi connectivity index (χ2n) is 4.77. The number of hydrogen-bond donors (Lipinski definition) is 2. The second-order valence-corrected chi connectivity index (χ2v) is 5.87. The monoisotopic (exact) mass is 316 g/mol. The summed E-state index contributed by atoms with van der Waals surface area (Å²) in [5, 5.41) is 13.2. The first-order chi connectivity index (χ1) is 10.6. The molecule has 3 rings (SSSR count). The lowest BCUT2D eigenvalue weighted by atomic mass is 10.1. The van der Waals surface area contributed by atoms with Crippen LogP contribution in [0.5, 0.6) is 0 Å². The lowest BCUT2D eigenvalue weighted by Gasteiger charge is -2.17. The number of hydrazone groups is 1. The Balaban J connectivity index is 1.82. The van der Waals surface area contributed by atoms with Crippen molar-refractivity contribution in [2.75, 3.05) is 11.2 Å². The molecule has 1 aliphatic heterocycles. The van der Waals surface area contributed by atoms with Crippen LogP contribution in [0.1, 0.15) is 22.3 Å². The number of fused-ring (bicyclic) bond motifs is 1. The third-order valence-corrected chi connectivity index (χ3v) is 4.43. The second kappa shape index (κ2) is 6.19. The Hall–Kier alpha value is -2.34. The van der Waals surface area contributed by atoms with Gasteiger partial charge in [0.25, 0.3) is 0 Å². The SMILES string of the molecule is O=C(O)c1ccc(N/N=C2/CCSc3c(F)cccc32)cc1. The van der Waals surface area contributed by atoms with Gasteiger partial charge in [-0.25, -0.2) is 9.18 Å². The van der Waals surface area contributed by atoms with Gasteiger partial charge in [-0.15, -0.1) is 11.8 Å². The number of halogens is 1. The summed E-state index contributed by atoms with van der Waals surface area (Å²) in [5.41, 5.74) is 5.43. The highest BCUT2D eigenvalue weighted by atomic mass is 32.2. The van der Waals surface area contributed by atoms with Gasteiger partial charge in [0.1, 0.15) is 5.82 Å². The summed E-state index contributed by atoms with van der Waals surface area (Å²) in [6.45, 7) is 0. The van der Waals surface area contributed by atoms with Gasteiger partial charge in [0.05, 0.1) is 21.9 Å². The van der Waals surface area contributed by atoms with Gasteiger partial charge in [0.15, 0.2) is 0 Å². The Morgan fingerprint density at radius 1 is 1.23 bits per heavy atom. The van der Waals surface area contributed by atoms with Gasteiger partial charge < -0.3 is 5.11 Å². The van der Waals surface area contributed by atoms with E-state index in [1.54, 1.807) is 18.2 Å². The first kappa shape index (κ1) is 14.6. The normalized spacial score (nSPS) is 15.4. The quantitative estimate of drug-likeness (QED) is 0.845. The third-order valence-electron chi connectivity index (χ3n) is 3.31. The van der Waals surface area contributed by atoms with Crippen molar-refractivity contribution in [2.45, 2.75) is 11.3 Å². The minimum Gasteiger partial charge on any atom is -0.478 e. The molecule has 0 atom stereocenters. The molecule has 4 nitrogen and oxygen atoms in total. The molecule has 2 aromatic rings. The van der Waals surface area contributed by atoms with Crippen LogP contribution in [-0.4, -0.2) is 22.5 Å². The van der Waals surface area contributed by atoms with E-state index in [1.165, 1.54) is 30.0 Å². The van der Waals surface area contributed by atoms with Gasteiger partial charge in [-0.3, -0.25) is 5.43 Å². The topological polar surface area (TPSA) is 61.7 Å². The van der Waals surface area contributed by atoms with Gasteiger partial charge in [-0.2, -0.15) is 5.10 Å². The van der Waals surface area contributed by atoms with Crippen molar-refractivity contribution < 1.29 is 14.3 Å². The first-order valence-corrected chi connectivity index (χ1v) is 7.71. The molecule has 0 unspecified atom stereocenters. The lowest BCUT2D eigenvalue weighted by molar-refractivity contribution is 0.0697. The zero-order chi connectivity index (χ0) is 15.5. The van der Waals surface area contributed by atoms with E-state index in [0.29, 0.717) is 10.6 Å². The molecule has 22 heavy (non-hydrogen) atoms. The van der Waals surface area contributed by atoms with Crippen molar-refractivity contribution >= 4 is 29.1 Å². The summed E-state index contributed by atoms with van der Waals surface area (Å²) in [6.07, 6.45) is 0.751. The Labute approximate surface area is 131 Å². The average Bonchev–Trinajstić information content (AvgIpc) is 2.54. The van der Waals surface area contributed by atoms with Crippen molar-refractivity contribution in [1.82, 2.24) is 0 Å². The van der Waals surface area contributed by atoms with E-state index >= 15 is 0 Å². The third kappa shape index (κ3) is 2.96. The Morgan fingerprint density at radius 2 is 2.00 bits per heavy atom. The zero-order valence-electron chi connectivity index (χ0n) is 11.5. The van der Waals surface area contributed by atoms with Crippen LogP contribution >= 0.6 is 11.8 Å². The van der Waals surface area contributed by atoms with E-state index in [9.17, 15) is 9.18 Å². The molecule has 0 saturated heterocycles. The van der Waals surface area contributed by atoms with E-state index in [-0.39, 0.29) is 11.4 Å². The van der Waals surface area contributed by atoms with Crippen molar-refractivity contribution in [2.24, 2.45) is 5.10 Å². The number of hydrogen-bond acceptors (Lipinski definition) is 4. The van der Waals surface area contributed by atoms with Crippen LogP contribution in [0.15, 0.2) is 52.5 Å². The summed E-state index contributed by atoms with van der Waals surface area (Å²) in [7, 11) is 0. The maximum absolute atomic E-state index is 13.8. The molecule has 0 radical (unpaired) electrons. The summed E-state index contributed by atoms with van der Waals surface area (Å²) in [5.74, 6) is -0.404. The Morgan fingerprint density at radius 3 is 2.73 bits per heavy atom. The number of carbonyl (C=O) groups is 1. The van der Waals surface area contributed by atoms with Gasteiger partial charge in [0.2, 0.25) is 0 Å². The van der Waals surface area contributed by atoms with E-state index < -0.39 is 5.97 Å². The Kier molecular flexibility index (Phi) is 4.11. The smallest absolute Gasteiger partial charge is 0.335 e. The molecule has 0 aromatic heterocycles. The predicted octanol–water partition coefficient (Wildman–Crippen LogP) is 3.84. The predicted molar refractivity (Wildman–Crippen MR) is 85.3 cm³/mol. The minimum absolute atomic E-state index is 0.222. The molecule has 112 valence electrons. The lowest BCUT2D eigenvalue weighted by Crippen LogP contribution is -2.12. The fourth-order valence-electron chi connectivity index (χ4n) is 2.20. The van der Waals surface area contributed by atoms with E-state index in [0.717, 1.165) is 23.4 Å². The molecule has 1 heterocycles. The summed E-state index contributed by atoms with van der Waals surface area (Å²) in [4.78, 5) is 11.4. The van der Waals surface area contributed by atoms with Gasteiger partial charge in [-0.1, -0.05) is 12.1 Å². The highest BCUT2D eigenvalue weighted by Crippen LogP contribution is 2.32. The van der Waals surface area contributed by atoms with Crippen LogP contribution in [0.4, 0.5) is 10.1 Å². The zero-order valence-corrected chi connectivity index (χ0v) is 12.4. The van der Waals surface area contributed by atoms with Crippen LogP contribution in [-0.2, 0) is 0 Å². The standard InChI is InChI=1S/C16H13FN2O2S/c17-13-3-1-2-12-14(8-9-22-15(12)13)19-18-11-6-4-10(5-7-11)16(20)21/h1-7,18H,8-9H2,(H,20,21)/b19-14-. The molecule has 0 aliphatic carbocycles. The number of thioether (sulfide) groups is 1. The van der Waals surface area contributed by atoms with Crippen LogP contribution in [0, 0.1) is 5.82 Å². The van der Waals surface area contributed by atoms with Crippen LogP contribution < -0.4 is 5.43 Å². The molecule has 0 spiro atoms. The van der Waals surface area contributed by atoms with Crippen LogP contribution in [0.2, 0.25) is 0 Å². The molecule has 1 aliphatic rings. The van der Waals surface area contributed by atoms with Crippen molar-refractivity contribution in [3.8, 4) is 0 Å². The van der Waals surface area contributed by atoms with Crippen molar-refractivity contribution in [3.63, 3.8) is 0 Å². The van der Waals surface area contributed by atoms with E-state index in [4.69, 9.17) is 5.11 Å². The van der Waals surface area contributed by atoms with E-state index in [1.807, 2.05) is 6.07 Å². The number of nitrogens with zero attached hydrogens (tertiary/aromatic N) is 1. The van der Waals surface area contributed by atoms with Crippen LogP contribution in [0.3, 0.4) is 0 Å². The molecule has 0 saturated carbocycles. The van der Waals surface area contributed by atoms with Gasteiger partial charge in [-0.05, 0) is 30.3 Å². The molecular formula is C16H13FN2O2S. The summed E-state index contributed by atoms with van der Waals surface area (Å²) >= 11 is 1.50. The average molecular weight is 316 g/mol. The summed E-state index contributed by atoms with van der Waals surface area (Å²) in [6, 6.07) is 11.3. The fourth-order valence-corrected chi connectivity index (χ4v) is 3.25.